The highest BCUT2D eigenvalue weighted by molar-refractivity contribution is 5.87. The van der Waals surface area contributed by atoms with Crippen molar-refractivity contribution in [3.63, 3.8) is 0 Å². The number of hydrogen-bond donors (Lipinski definition) is 0. The smallest absolute Gasteiger partial charge is 0.376 e. The van der Waals surface area contributed by atoms with E-state index in [1.807, 2.05) is 41.3 Å². The van der Waals surface area contributed by atoms with Crippen LogP contribution in [0.3, 0.4) is 0 Å². The molecule has 1 heterocycles. The number of benzene rings is 2. The lowest BCUT2D eigenvalue weighted by Gasteiger charge is -2.21. The fourth-order valence-electron chi connectivity index (χ4n) is 2.70. The van der Waals surface area contributed by atoms with Crippen molar-refractivity contribution in [1.29, 1.82) is 0 Å². The van der Waals surface area contributed by atoms with Crippen molar-refractivity contribution in [3.05, 3.63) is 83.2 Å². The van der Waals surface area contributed by atoms with E-state index in [1.54, 1.807) is 13.8 Å². The zero-order chi connectivity index (χ0) is 18.4. The minimum Gasteiger partial charge on any atom is -0.460 e. The van der Waals surface area contributed by atoms with Gasteiger partial charge in [-0.3, -0.25) is 0 Å². The molecular weight excluding hydrogens is 328 g/mol. The van der Waals surface area contributed by atoms with Crippen molar-refractivity contribution in [2.45, 2.75) is 26.9 Å². The Morgan fingerprint density at radius 3 is 2.04 bits per heavy atom. The van der Waals surface area contributed by atoms with Gasteiger partial charge in [-0.1, -0.05) is 60.7 Å². The molecule has 0 aliphatic rings. The number of aryl methyl sites for hydroxylation is 1. The zero-order valence-corrected chi connectivity index (χ0v) is 15.0. The third-order valence-corrected chi connectivity index (χ3v) is 3.95. The lowest BCUT2D eigenvalue weighted by molar-refractivity contribution is 0.0489. The van der Waals surface area contributed by atoms with Gasteiger partial charge in [0.25, 0.3) is 6.01 Å². The maximum atomic E-state index is 12.0. The van der Waals surface area contributed by atoms with Gasteiger partial charge >= 0.3 is 5.97 Å². The van der Waals surface area contributed by atoms with Crippen LogP contribution >= 0.6 is 0 Å². The van der Waals surface area contributed by atoms with Crippen molar-refractivity contribution in [2.75, 3.05) is 11.5 Å². The van der Waals surface area contributed by atoms with Crippen LogP contribution in [0, 0.1) is 6.92 Å². The van der Waals surface area contributed by atoms with Gasteiger partial charge in [0, 0.05) is 13.1 Å². The molecular formula is C21H22N2O3. The van der Waals surface area contributed by atoms with Crippen LogP contribution in [0.15, 0.2) is 65.1 Å². The van der Waals surface area contributed by atoms with Gasteiger partial charge in [0.2, 0.25) is 5.76 Å². The number of carbonyl (C=O) groups excluding carboxylic acids is 1. The summed E-state index contributed by atoms with van der Waals surface area (Å²) < 4.78 is 10.8. The summed E-state index contributed by atoms with van der Waals surface area (Å²) in [4.78, 5) is 18.5. The maximum Gasteiger partial charge on any atom is 0.376 e. The molecule has 5 heteroatoms. The SMILES string of the molecule is CCOC(=O)c1oc(N(Cc2ccccc2)Cc2ccccc2)nc1C. The zero-order valence-electron chi connectivity index (χ0n) is 15.0. The molecule has 0 bridgehead atoms. The van der Waals surface area contributed by atoms with Crippen LogP contribution in [-0.2, 0) is 17.8 Å². The van der Waals surface area contributed by atoms with Gasteiger partial charge in [-0.05, 0) is 25.0 Å². The van der Waals surface area contributed by atoms with E-state index in [0.29, 0.717) is 31.4 Å². The normalized spacial score (nSPS) is 10.5. The highest BCUT2D eigenvalue weighted by Gasteiger charge is 2.22. The molecule has 2 aromatic carbocycles. The molecule has 0 saturated heterocycles. The van der Waals surface area contributed by atoms with E-state index in [-0.39, 0.29) is 5.76 Å². The first kappa shape index (κ1) is 17.7. The van der Waals surface area contributed by atoms with Crippen molar-refractivity contribution < 1.29 is 13.9 Å². The first-order valence-corrected chi connectivity index (χ1v) is 8.64. The summed E-state index contributed by atoms with van der Waals surface area (Å²) in [6, 6.07) is 20.6. The van der Waals surface area contributed by atoms with Crippen LogP contribution in [0.2, 0.25) is 0 Å². The molecule has 0 radical (unpaired) electrons. The van der Waals surface area contributed by atoms with Crippen LogP contribution in [0.1, 0.15) is 34.3 Å². The second-order valence-electron chi connectivity index (χ2n) is 5.96. The summed E-state index contributed by atoms with van der Waals surface area (Å²) in [7, 11) is 0. The second kappa shape index (κ2) is 8.34. The van der Waals surface area contributed by atoms with E-state index in [0.717, 1.165) is 11.1 Å². The van der Waals surface area contributed by atoms with Crippen LogP contribution in [-0.4, -0.2) is 17.6 Å². The first-order valence-electron chi connectivity index (χ1n) is 8.64. The number of nitrogens with zero attached hydrogens (tertiary/aromatic N) is 2. The van der Waals surface area contributed by atoms with Gasteiger partial charge in [0.1, 0.15) is 0 Å². The number of hydrogen-bond acceptors (Lipinski definition) is 5. The first-order chi connectivity index (χ1) is 12.7. The Hall–Kier alpha value is -3.08. The minimum absolute atomic E-state index is 0.160. The van der Waals surface area contributed by atoms with E-state index < -0.39 is 5.97 Å². The largest absolute Gasteiger partial charge is 0.460 e. The number of oxazole rings is 1. The molecule has 0 aliphatic carbocycles. The molecule has 0 atom stereocenters. The summed E-state index contributed by atoms with van der Waals surface area (Å²) in [6.45, 7) is 5.06. The highest BCUT2D eigenvalue weighted by atomic mass is 16.5. The topological polar surface area (TPSA) is 55.6 Å². The predicted octanol–water partition coefficient (Wildman–Crippen LogP) is 4.37. The Bertz CT molecular complexity index is 803. The monoisotopic (exact) mass is 350 g/mol. The second-order valence-corrected chi connectivity index (χ2v) is 5.96. The predicted molar refractivity (Wildman–Crippen MR) is 100.0 cm³/mol. The molecule has 0 fully saturated rings. The number of anilines is 1. The fourth-order valence-corrected chi connectivity index (χ4v) is 2.70. The molecule has 3 rings (SSSR count). The van der Waals surface area contributed by atoms with Gasteiger partial charge < -0.3 is 14.1 Å². The lowest BCUT2D eigenvalue weighted by atomic mass is 10.2. The Morgan fingerprint density at radius 2 is 1.54 bits per heavy atom. The van der Waals surface area contributed by atoms with E-state index >= 15 is 0 Å². The summed E-state index contributed by atoms with van der Waals surface area (Å²) in [5.74, 6) is -0.323. The van der Waals surface area contributed by atoms with Crippen LogP contribution in [0.5, 0.6) is 0 Å². The molecule has 5 nitrogen and oxygen atoms in total. The molecule has 0 spiro atoms. The average Bonchev–Trinajstić information content (AvgIpc) is 3.05. The third kappa shape index (κ3) is 4.30. The molecule has 0 N–H and O–H groups in total. The van der Waals surface area contributed by atoms with Crippen molar-refractivity contribution in [2.24, 2.45) is 0 Å². The molecule has 26 heavy (non-hydrogen) atoms. The number of aromatic nitrogens is 1. The van der Waals surface area contributed by atoms with E-state index in [9.17, 15) is 4.79 Å². The van der Waals surface area contributed by atoms with Gasteiger partial charge in [-0.25, -0.2) is 4.79 Å². The summed E-state index contributed by atoms with van der Waals surface area (Å²) in [5, 5.41) is 0. The number of ether oxygens (including phenoxy) is 1. The molecule has 0 amide bonds. The fraction of sp³-hybridized carbons (Fsp3) is 0.238. The Labute approximate surface area is 153 Å². The van der Waals surface area contributed by atoms with E-state index in [1.165, 1.54) is 0 Å². The standard InChI is InChI=1S/C21H22N2O3/c1-3-25-20(24)19-16(2)22-21(26-19)23(14-17-10-6-4-7-11-17)15-18-12-8-5-9-13-18/h4-13H,3,14-15H2,1-2H3. The molecule has 1 aromatic heterocycles. The Morgan fingerprint density at radius 1 is 1.00 bits per heavy atom. The Balaban J connectivity index is 1.89. The van der Waals surface area contributed by atoms with Crippen molar-refractivity contribution in [3.8, 4) is 0 Å². The van der Waals surface area contributed by atoms with Crippen LogP contribution in [0.25, 0.3) is 0 Å². The molecule has 0 aliphatic heterocycles. The van der Waals surface area contributed by atoms with Crippen LogP contribution < -0.4 is 4.90 Å². The average molecular weight is 350 g/mol. The van der Waals surface area contributed by atoms with Gasteiger partial charge in [0.05, 0.1) is 12.3 Å². The quantitative estimate of drug-likeness (QED) is 0.592. The van der Waals surface area contributed by atoms with E-state index in [2.05, 4.69) is 29.2 Å². The summed E-state index contributed by atoms with van der Waals surface area (Å²) >= 11 is 0. The molecule has 0 saturated carbocycles. The number of carbonyl (C=O) groups is 1. The van der Waals surface area contributed by atoms with E-state index in [4.69, 9.17) is 9.15 Å². The number of esters is 1. The molecule has 3 aromatic rings. The summed E-state index contributed by atoms with van der Waals surface area (Å²) in [5.41, 5.74) is 2.80. The third-order valence-electron chi connectivity index (χ3n) is 3.95. The molecule has 0 unspecified atom stereocenters. The van der Waals surface area contributed by atoms with Crippen LogP contribution in [0.4, 0.5) is 6.01 Å². The lowest BCUT2D eigenvalue weighted by Crippen LogP contribution is -2.22. The highest BCUT2D eigenvalue weighted by Crippen LogP contribution is 2.23. The van der Waals surface area contributed by atoms with Crippen molar-refractivity contribution in [1.82, 2.24) is 4.98 Å². The van der Waals surface area contributed by atoms with Crippen molar-refractivity contribution >= 4 is 12.0 Å². The Kier molecular flexibility index (Phi) is 5.69. The van der Waals surface area contributed by atoms with Gasteiger partial charge in [0.15, 0.2) is 0 Å². The van der Waals surface area contributed by atoms with Gasteiger partial charge in [-0.15, -0.1) is 0 Å². The summed E-state index contributed by atoms with van der Waals surface area (Å²) in [6.07, 6.45) is 0. The molecule has 134 valence electrons. The minimum atomic E-state index is -0.483. The number of rotatable bonds is 7. The maximum absolute atomic E-state index is 12.0. The van der Waals surface area contributed by atoms with Gasteiger partial charge in [-0.2, -0.15) is 4.98 Å².